The Bertz CT molecular complexity index is 597. The second-order valence-electron chi connectivity index (χ2n) is 4.79. The summed E-state index contributed by atoms with van der Waals surface area (Å²) in [6, 6.07) is 6.36. The fourth-order valence-corrected chi connectivity index (χ4v) is 2.96. The number of rotatable bonds is 5. The van der Waals surface area contributed by atoms with Crippen LogP contribution in [0.15, 0.2) is 24.4 Å². The lowest BCUT2D eigenvalue weighted by atomic mass is 10.1. The molecule has 2 aromatic rings. The van der Waals surface area contributed by atoms with E-state index in [9.17, 15) is 0 Å². The predicted molar refractivity (Wildman–Crippen MR) is 79.3 cm³/mol. The fraction of sp³-hybridized carbons (Fsp3) is 0.400. The summed E-state index contributed by atoms with van der Waals surface area (Å²) in [5.41, 5.74) is 1.20. The van der Waals surface area contributed by atoms with E-state index in [0.717, 1.165) is 24.5 Å². The first kappa shape index (κ1) is 13.4. The van der Waals surface area contributed by atoms with E-state index in [1.165, 1.54) is 15.4 Å². The van der Waals surface area contributed by atoms with Gasteiger partial charge in [0.15, 0.2) is 11.5 Å². The molecule has 0 saturated heterocycles. The molecule has 20 heavy (non-hydrogen) atoms. The lowest BCUT2D eigenvalue weighted by molar-refractivity contribution is 0.174. The summed E-state index contributed by atoms with van der Waals surface area (Å²) in [6.07, 6.45) is 2.96. The summed E-state index contributed by atoms with van der Waals surface area (Å²) < 4.78 is 10.7. The average Bonchev–Trinajstić information content (AvgIpc) is 3.12. The number of benzene rings is 1. The highest BCUT2D eigenvalue weighted by Crippen LogP contribution is 2.34. The Morgan fingerprint density at radius 2 is 2.20 bits per heavy atom. The summed E-state index contributed by atoms with van der Waals surface area (Å²) in [5.74, 6) is 1.67. The van der Waals surface area contributed by atoms with E-state index in [-0.39, 0.29) is 6.04 Å². The first-order chi connectivity index (χ1) is 9.76. The number of aromatic nitrogens is 1. The van der Waals surface area contributed by atoms with Crippen molar-refractivity contribution in [2.24, 2.45) is 0 Å². The molecule has 2 heterocycles. The maximum absolute atomic E-state index is 5.41. The lowest BCUT2D eigenvalue weighted by Crippen LogP contribution is -2.17. The van der Waals surface area contributed by atoms with Gasteiger partial charge in [-0.1, -0.05) is 13.0 Å². The largest absolute Gasteiger partial charge is 0.454 e. The molecule has 106 valence electrons. The third-order valence-corrected chi connectivity index (χ3v) is 4.52. The zero-order valence-corrected chi connectivity index (χ0v) is 12.5. The summed E-state index contributed by atoms with van der Waals surface area (Å²) in [4.78, 5) is 5.65. The maximum atomic E-state index is 5.41. The van der Waals surface area contributed by atoms with Crippen molar-refractivity contribution in [1.82, 2.24) is 10.3 Å². The molecule has 0 amide bonds. The zero-order chi connectivity index (χ0) is 13.9. The molecule has 1 aromatic heterocycles. The van der Waals surface area contributed by atoms with Gasteiger partial charge in [0, 0.05) is 23.7 Å². The Morgan fingerprint density at radius 1 is 1.35 bits per heavy atom. The molecule has 1 N–H and O–H groups in total. The Morgan fingerprint density at radius 3 is 3.00 bits per heavy atom. The highest BCUT2D eigenvalue weighted by atomic mass is 32.1. The minimum Gasteiger partial charge on any atom is -0.454 e. The molecule has 1 aliphatic rings. The molecule has 0 aliphatic carbocycles. The summed E-state index contributed by atoms with van der Waals surface area (Å²) >= 11 is 1.77. The summed E-state index contributed by atoms with van der Waals surface area (Å²) in [5, 5.41) is 4.71. The van der Waals surface area contributed by atoms with Crippen LogP contribution in [0.3, 0.4) is 0 Å². The smallest absolute Gasteiger partial charge is 0.231 e. The summed E-state index contributed by atoms with van der Waals surface area (Å²) in [6.45, 7) is 5.44. The molecule has 0 spiro atoms. The molecule has 0 radical (unpaired) electrons. The third kappa shape index (κ3) is 2.78. The van der Waals surface area contributed by atoms with E-state index in [1.807, 2.05) is 18.3 Å². The summed E-state index contributed by atoms with van der Waals surface area (Å²) in [7, 11) is 0. The van der Waals surface area contributed by atoms with E-state index in [1.54, 1.807) is 11.3 Å². The van der Waals surface area contributed by atoms with Crippen molar-refractivity contribution in [3.05, 3.63) is 39.8 Å². The third-order valence-electron chi connectivity index (χ3n) is 3.38. The minimum atomic E-state index is 0.261. The fourth-order valence-electron chi connectivity index (χ4n) is 2.15. The van der Waals surface area contributed by atoms with Crippen molar-refractivity contribution in [2.45, 2.75) is 32.9 Å². The Labute approximate surface area is 122 Å². The van der Waals surface area contributed by atoms with Crippen molar-refractivity contribution in [2.75, 3.05) is 6.79 Å². The molecular weight excluding hydrogens is 272 g/mol. The molecule has 1 aliphatic heterocycles. The van der Waals surface area contributed by atoms with Crippen LogP contribution in [-0.2, 0) is 13.0 Å². The molecule has 1 aromatic carbocycles. The van der Waals surface area contributed by atoms with Gasteiger partial charge in [0.1, 0.15) is 0 Å². The van der Waals surface area contributed by atoms with Gasteiger partial charge in [0.2, 0.25) is 6.79 Å². The van der Waals surface area contributed by atoms with Crippen LogP contribution >= 0.6 is 11.3 Å². The average molecular weight is 290 g/mol. The quantitative estimate of drug-likeness (QED) is 0.917. The second-order valence-corrected chi connectivity index (χ2v) is 5.99. The standard InChI is InChI=1S/C15H18N2O2S/c1-3-15-17-8-12(20-15)7-16-10(2)11-4-5-13-14(6-11)19-9-18-13/h4-6,8,10,16H,3,7,9H2,1-2H3. The maximum Gasteiger partial charge on any atom is 0.231 e. The first-order valence-electron chi connectivity index (χ1n) is 6.82. The van der Waals surface area contributed by atoms with Gasteiger partial charge >= 0.3 is 0 Å². The molecule has 0 bridgehead atoms. The number of thiazole rings is 1. The van der Waals surface area contributed by atoms with Crippen molar-refractivity contribution >= 4 is 11.3 Å². The number of nitrogens with zero attached hydrogens (tertiary/aromatic N) is 1. The highest BCUT2D eigenvalue weighted by Gasteiger charge is 2.15. The molecule has 0 fully saturated rings. The van der Waals surface area contributed by atoms with Gasteiger partial charge in [-0.15, -0.1) is 11.3 Å². The number of fused-ring (bicyclic) bond motifs is 1. The van der Waals surface area contributed by atoms with Gasteiger partial charge in [-0.05, 0) is 31.0 Å². The van der Waals surface area contributed by atoms with E-state index < -0.39 is 0 Å². The molecule has 5 heteroatoms. The van der Waals surface area contributed by atoms with Gasteiger partial charge in [0.25, 0.3) is 0 Å². The van der Waals surface area contributed by atoms with Gasteiger partial charge in [-0.3, -0.25) is 0 Å². The second kappa shape index (κ2) is 5.81. The number of aryl methyl sites for hydroxylation is 1. The van der Waals surface area contributed by atoms with E-state index >= 15 is 0 Å². The number of ether oxygens (including phenoxy) is 2. The van der Waals surface area contributed by atoms with Gasteiger partial charge in [-0.25, -0.2) is 4.98 Å². The SMILES string of the molecule is CCc1ncc(CNC(C)c2ccc3c(c2)OCO3)s1. The van der Waals surface area contributed by atoms with Gasteiger partial charge < -0.3 is 14.8 Å². The van der Waals surface area contributed by atoms with Crippen LogP contribution in [0.2, 0.25) is 0 Å². The van der Waals surface area contributed by atoms with E-state index in [0.29, 0.717) is 6.79 Å². The van der Waals surface area contributed by atoms with Crippen LogP contribution in [0.1, 0.15) is 35.3 Å². The Kier molecular flexibility index (Phi) is 3.89. The van der Waals surface area contributed by atoms with Crippen molar-refractivity contribution < 1.29 is 9.47 Å². The normalized spacial score (nSPS) is 14.5. The van der Waals surface area contributed by atoms with Crippen LogP contribution in [0, 0.1) is 0 Å². The van der Waals surface area contributed by atoms with Crippen molar-refractivity contribution in [3.8, 4) is 11.5 Å². The zero-order valence-electron chi connectivity index (χ0n) is 11.7. The highest BCUT2D eigenvalue weighted by molar-refractivity contribution is 7.11. The van der Waals surface area contributed by atoms with Crippen molar-refractivity contribution in [3.63, 3.8) is 0 Å². The Hall–Kier alpha value is -1.59. The number of hydrogen-bond acceptors (Lipinski definition) is 5. The lowest BCUT2D eigenvalue weighted by Gasteiger charge is -2.13. The van der Waals surface area contributed by atoms with Crippen molar-refractivity contribution in [1.29, 1.82) is 0 Å². The molecule has 0 saturated carbocycles. The number of nitrogens with one attached hydrogen (secondary N) is 1. The van der Waals surface area contributed by atoms with Crippen LogP contribution < -0.4 is 14.8 Å². The van der Waals surface area contributed by atoms with Crippen LogP contribution in [0.4, 0.5) is 0 Å². The molecule has 4 nitrogen and oxygen atoms in total. The minimum absolute atomic E-state index is 0.261. The van der Waals surface area contributed by atoms with Crippen LogP contribution in [0.25, 0.3) is 0 Å². The monoisotopic (exact) mass is 290 g/mol. The predicted octanol–water partition coefficient (Wildman–Crippen LogP) is 3.29. The van der Waals surface area contributed by atoms with Gasteiger partial charge in [-0.2, -0.15) is 0 Å². The Balaban J connectivity index is 1.62. The molecular formula is C15H18N2O2S. The van der Waals surface area contributed by atoms with Gasteiger partial charge in [0.05, 0.1) is 5.01 Å². The van der Waals surface area contributed by atoms with Crippen LogP contribution in [-0.4, -0.2) is 11.8 Å². The first-order valence-corrected chi connectivity index (χ1v) is 7.64. The van der Waals surface area contributed by atoms with Crippen LogP contribution in [0.5, 0.6) is 11.5 Å². The van der Waals surface area contributed by atoms with E-state index in [2.05, 4.69) is 30.2 Å². The molecule has 1 unspecified atom stereocenters. The topological polar surface area (TPSA) is 43.4 Å². The molecule has 3 rings (SSSR count). The number of hydrogen-bond donors (Lipinski definition) is 1. The molecule has 1 atom stereocenters. The van der Waals surface area contributed by atoms with E-state index in [4.69, 9.17) is 9.47 Å².